The topological polar surface area (TPSA) is 98.7 Å². The molecule has 0 atom stereocenters. The predicted molar refractivity (Wildman–Crippen MR) is 101 cm³/mol. The Hall–Kier alpha value is -3.61. The zero-order chi connectivity index (χ0) is 19.6. The van der Waals surface area contributed by atoms with Crippen LogP contribution in [0.5, 0.6) is 5.75 Å². The maximum absolute atomic E-state index is 12.5. The van der Waals surface area contributed by atoms with Crippen molar-refractivity contribution in [2.24, 2.45) is 0 Å². The Morgan fingerprint density at radius 3 is 2.41 bits per heavy atom. The van der Waals surface area contributed by atoms with E-state index in [1.807, 2.05) is 6.07 Å². The van der Waals surface area contributed by atoms with Gasteiger partial charge in [-0.05, 0) is 60.9 Å². The van der Waals surface area contributed by atoms with Crippen molar-refractivity contribution in [2.45, 2.75) is 13.8 Å². The fourth-order valence-electron chi connectivity index (χ4n) is 2.82. The Morgan fingerprint density at radius 1 is 1.15 bits per heavy atom. The molecule has 2 aromatic carbocycles. The van der Waals surface area contributed by atoms with Crippen LogP contribution in [0.2, 0.25) is 0 Å². The highest BCUT2D eigenvalue weighted by Gasteiger charge is 2.34. The molecule has 0 aliphatic carbocycles. The molecule has 7 heteroatoms. The first kappa shape index (κ1) is 18.2. The minimum Gasteiger partial charge on any atom is -0.507 e. The molecule has 27 heavy (non-hydrogen) atoms. The van der Waals surface area contributed by atoms with Crippen molar-refractivity contribution in [1.29, 1.82) is 0 Å². The molecule has 2 aromatic rings. The van der Waals surface area contributed by atoms with Crippen LogP contribution in [0.3, 0.4) is 0 Å². The molecule has 138 valence electrons. The van der Waals surface area contributed by atoms with E-state index in [4.69, 9.17) is 0 Å². The van der Waals surface area contributed by atoms with Gasteiger partial charge in [0.25, 0.3) is 5.91 Å². The molecule has 3 rings (SSSR count). The Morgan fingerprint density at radius 2 is 1.78 bits per heavy atom. The number of para-hydroxylation sites is 1. The van der Waals surface area contributed by atoms with Crippen molar-refractivity contribution in [3.05, 3.63) is 64.9 Å². The summed E-state index contributed by atoms with van der Waals surface area (Å²) in [4.78, 5) is 37.6. The van der Waals surface area contributed by atoms with E-state index in [9.17, 15) is 19.5 Å². The van der Waals surface area contributed by atoms with Gasteiger partial charge in [0.05, 0.1) is 0 Å². The number of phenolic OH excluding ortho intramolecular Hbond substituents is 1. The third-order valence-electron chi connectivity index (χ3n) is 4.15. The first-order valence-corrected chi connectivity index (χ1v) is 8.35. The molecule has 0 bridgehead atoms. The molecule has 1 fully saturated rings. The number of aromatic hydroxyl groups is 1. The number of anilines is 1. The molecular formula is C20H19N3O4. The average Bonchev–Trinajstić information content (AvgIpc) is 2.88. The van der Waals surface area contributed by atoms with Gasteiger partial charge in [-0.1, -0.05) is 18.2 Å². The lowest BCUT2D eigenvalue weighted by atomic mass is 10.0. The van der Waals surface area contributed by atoms with Gasteiger partial charge < -0.3 is 15.7 Å². The van der Waals surface area contributed by atoms with Crippen LogP contribution in [0.4, 0.5) is 10.5 Å². The van der Waals surface area contributed by atoms with Gasteiger partial charge in [-0.2, -0.15) is 0 Å². The molecule has 1 saturated heterocycles. The van der Waals surface area contributed by atoms with Gasteiger partial charge in [-0.15, -0.1) is 0 Å². The highest BCUT2D eigenvalue weighted by Crippen LogP contribution is 2.24. The maximum atomic E-state index is 12.5. The van der Waals surface area contributed by atoms with Crippen molar-refractivity contribution in [3.8, 4) is 5.75 Å². The summed E-state index contributed by atoms with van der Waals surface area (Å²) >= 11 is 0. The van der Waals surface area contributed by atoms with E-state index in [0.29, 0.717) is 22.4 Å². The molecule has 0 radical (unpaired) electrons. The van der Waals surface area contributed by atoms with E-state index in [0.717, 1.165) is 4.90 Å². The van der Waals surface area contributed by atoms with Gasteiger partial charge in [0.2, 0.25) is 5.91 Å². The maximum Gasteiger partial charge on any atom is 0.329 e. The summed E-state index contributed by atoms with van der Waals surface area (Å²) < 4.78 is 0. The molecule has 3 N–H and O–H groups in total. The zero-order valence-electron chi connectivity index (χ0n) is 14.9. The molecular weight excluding hydrogens is 346 g/mol. The zero-order valence-corrected chi connectivity index (χ0v) is 14.9. The average molecular weight is 365 g/mol. The lowest BCUT2D eigenvalue weighted by molar-refractivity contribution is -0.127. The fraction of sp³-hybridized carbons (Fsp3) is 0.150. The second kappa shape index (κ2) is 7.33. The van der Waals surface area contributed by atoms with Crippen LogP contribution in [0.25, 0.3) is 6.08 Å². The molecule has 1 aliphatic rings. The highest BCUT2D eigenvalue weighted by molar-refractivity contribution is 6.15. The summed E-state index contributed by atoms with van der Waals surface area (Å²) in [5.41, 5.74) is 2.66. The summed E-state index contributed by atoms with van der Waals surface area (Å²) in [6, 6.07) is 11.5. The number of urea groups is 1. The number of amides is 4. The summed E-state index contributed by atoms with van der Waals surface area (Å²) in [6.45, 7) is 3.11. The van der Waals surface area contributed by atoms with Crippen molar-refractivity contribution in [3.63, 3.8) is 0 Å². The van der Waals surface area contributed by atoms with Crippen LogP contribution in [-0.2, 0) is 9.59 Å². The number of nitrogens with zero attached hydrogens (tertiary/aromatic N) is 1. The molecule has 4 amide bonds. The first-order chi connectivity index (χ1) is 12.8. The number of phenols is 1. The van der Waals surface area contributed by atoms with Crippen LogP contribution in [0, 0.1) is 13.8 Å². The molecule has 0 spiro atoms. The van der Waals surface area contributed by atoms with E-state index in [2.05, 4.69) is 10.6 Å². The van der Waals surface area contributed by atoms with Crippen LogP contribution < -0.4 is 10.6 Å². The SMILES string of the molecule is Cc1cc(C=C2NC(=O)N(CC(=O)Nc3ccccc3)C2=O)cc(C)c1O. The predicted octanol–water partition coefficient (Wildman–Crippen LogP) is 2.54. The smallest absolute Gasteiger partial charge is 0.329 e. The summed E-state index contributed by atoms with van der Waals surface area (Å²) in [5, 5.41) is 15.0. The van der Waals surface area contributed by atoms with E-state index >= 15 is 0 Å². The van der Waals surface area contributed by atoms with Gasteiger partial charge in [0.15, 0.2) is 0 Å². The minimum absolute atomic E-state index is 0.0806. The van der Waals surface area contributed by atoms with Crippen molar-refractivity contribution in [2.75, 3.05) is 11.9 Å². The third kappa shape index (κ3) is 3.98. The molecule has 1 heterocycles. The number of imide groups is 1. The lowest BCUT2D eigenvalue weighted by Gasteiger charge is -2.11. The first-order valence-electron chi connectivity index (χ1n) is 8.35. The fourth-order valence-corrected chi connectivity index (χ4v) is 2.82. The number of carbonyl (C=O) groups excluding carboxylic acids is 3. The van der Waals surface area contributed by atoms with Gasteiger partial charge in [0, 0.05) is 5.69 Å². The summed E-state index contributed by atoms with van der Waals surface area (Å²) in [6.07, 6.45) is 1.52. The number of rotatable bonds is 4. The van der Waals surface area contributed by atoms with E-state index < -0.39 is 17.8 Å². The quantitative estimate of drug-likeness (QED) is 0.573. The van der Waals surface area contributed by atoms with Gasteiger partial charge in [-0.3, -0.25) is 9.59 Å². The number of benzene rings is 2. The number of aryl methyl sites for hydroxylation is 2. The third-order valence-corrected chi connectivity index (χ3v) is 4.15. The summed E-state index contributed by atoms with van der Waals surface area (Å²) in [5.74, 6) is -0.855. The van der Waals surface area contributed by atoms with Gasteiger partial charge in [0.1, 0.15) is 18.0 Å². The van der Waals surface area contributed by atoms with Crippen LogP contribution in [0.1, 0.15) is 16.7 Å². The molecule has 0 aromatic heterocycles. The van der Waals surface area contributed by atoms with E-state index in [1.54, 1.807) is 50.2 Å². The van der Waals surface area contributed by atoms with Crippen molar-refractivity contribution < 1.29 is 19.5 Å². The van der Waals surface area contributed by atoms with Crippen LogP contribution >= 0.6 is 0 Å². The standard InChI is InChI=1S/C20H19N3O4/c1-12-8-14(9-13(2)18(12)25)10-16-19(26)23(20(27)22-16)11-17(24)21-15-6-4-3-5-7-15/h3-10,25H,11H2,1-2H3,(H,21,24)(H,22,27). The second-order valence-corrected chi connectivity index (χ2v) is 6.30. The number of hydrogen-bond acceptors (Lipinski definition) is 4. The van der Waals surface area contributed by atoms with Crippen molar-refractivity contribution >= 4 is 29.6 Å². The second-order valence-electron chi connectivity index (χ2n) is 6.30. The lowest BCUT2D eigenvalue weighted by Crippen LogP contribution is -2.38. The number of nitrogens with one attached hydrogen (secondary N) is 2. The Kier molecular flexibility index (Phi) is 4.94. The minimum atomic E-state index is -0.651. The van der Waals surface area contributed by atoms with Gasteiger partial charge >= 0.3 is 6.03 Å². The van der Waals surface area contributed by atoms with E-state index in [1.165, 1.54) is 6.08 Å². The Balaban J connectivity index is 1.74. The number of carbonyl (C=O) groups is 3. The Bertz CT molecular complexity index is 928. The largest absolute Gasteiger partial charge is 0.507 e. The highest BCUT2D eigenvalue weighted by atomic mass is 16.3. The number of hydrogen-bond donors (Lipinski definition) is 3. The van der Waals surface area contributed by atoms with Crippen LogP contribution in [-0.4, -0.2) is 34.4 Å². The van der Waals surface area contributed by atoms with Crippen LogP contribution in [0.15, 0.2) is 48.2 Å². The molecule has 0 unspecified atom stereocenters. The normalized spacial score (nSPS) is 15.2. The van der Waals surface area contributed by atoms with E-state index in [-0.39, 0.29) is 18.0 Å². The van der Waals surface area contributed by atoms with Gasteiger partial charge in [-0.25, -0.2) is 9.69 Å². The molecule has 1 aliphatic heterocycles. The molecule has 7 nitrogen and oxygen atoms in total. The monoisotopic (exact) mass is 365 g/mol. The molecule has 0 saturated carbocycles. The Labute approximate surface area is 156 Å². The summed E-state index contributed by atoms with van der Waals surface area (Å²) in [7, 11) is 0. The van der Waals surface area contributed by atoms with Crippen molar-refractivity contribution in [1.82, 2.24) is 10.2 Å².